The molecule has 3 nitrogen and oxygen atoms in total. The van der Waals surface area contributed by atoms with Crippen molar-refractivity contribution in [3.8, 4) is 5.75 Å². The molecule has 0 bridgehead atoms. The third-order valence-corrected chi connectivity index (χ3v) is 3.69. The number of nitrogens with zero attached hydrogens (tertiary/aromatic N) is 1. The van der Waals surface area contributed by atoms with Gasteiger partial charge >= 0.3 is 0 Å². The molecular weight excluding hydrogens is 271 g/mol. The topological polar surface area (TPSA) is 57.1 Å². The van der Waals surface area contributed by atoms with Crippen LogP contribution in [0.3, 0.4) is 0 Å². The Morgan fingerprint density at radius 3 is 2.56 bits per heavy atom. The molecule has 0 spiro atoms. The van der Waals surface area contributed by atoms with E-state index in [1.807, 2.05) is 12.3 Å². The van der Waals surface area contributed by atoms with Crippen molar-refractivity contribution in [3.63, 3.8) is 0 Å². The van der Waals surface area contributed by atoms with Crippen LogP contribution in [0.1, 0.15) is 49.8 Å². The summed E-state index contributed by atoms with van der Waals surface area (Å²) in [5.41, 5.74) is 2.64. The van der Waals surface area contributed by atoms with Crippen LogP contribution < -0.4 is 10.9 Å². The van der Waals surface area contributed by atoms with Gasteiger partial charge in [0, 0.05) is 11.8 Å². The summed E-state index contributed by atoms with van der Waals surface area (Å²) in [5, 5.41) is 0. The monoisotopic (exact) mass is 292 g/mol. The van der Waals surface area contributed by atoms with Crippen molar-refractivity contribution in [1.82, 2.24) is 11.1 Å². The number of hydrogen-bond donors (Lipinski definition) is 1. The molecule has 3 N–H and O–H groups in total. The van der Waals surface area contributed by atoms with Crippen molar-refractivity contribution in [2.45, 2.75) is 51.0 Å². The number of hydrogen-bond acceptors (Lipinski definition) is 3. The number of ether oxygens (including phenoxy) is 1. The number of halogens is 2. The van der Waals surface area contributed by atoms with Crippen molar-refractivity contribution in [3.05, 3.63) is 23.5 Å². The van der Waals surface area contributed by atoms with E-state index in [0.29, 0.717) is 12.0 Å². The van der Waals surface area contributed by atoms with Crippen LogP contribution in [0.4, 0.5) is 0 Å². The SMILES string of the molecule is CC1CCc2c(OC3CCC3)ccnc21.Cl.Cl.N. The lowest BCUT2D eigenvalue weighted by molar-refractivity contribution is 0.119. The largest absolute Gasteiger partial charge is 0.490 e. The van der Waals surface area contributed by atoms with Crippen LogP contribution in [0, 0.1) is 0 Å². The minimum Gasteiger partial charge on any atom is -0.490 e. The Labute approximate surface area is 121 Å². The summed E-state index contributed by atoms with van der Waals surface area (Å²) in [6, 6.07) is 2.04. The molecule has 1 atom stereocenters. The molecule has 5 heteroatoms. The first kappa shape index (κ1) is 17.5. The van der Waals surface area contributed by atoms with Crippen molar-refractivity contribution in [2.75, 3.05) is 0 Å². The highest BCUT2D eigenvalue weighted by Crippen LogP contribution is 2.37. The van der Waals surface area contributed by atoms with Gasteiger partial charge in [0.15, 0.2) is 0 Å². The molecule has 104 valence electrons. The van der Waals surface area contributed by atoms with Gasteiger partial charge in [-0.2, -0.15) is 0 Å². The van der Waals surface area contributed by atoms with Gasteiger partial charge in [0.1, 0.15) is 5.75 Å². The minimum atomic E-state index is 0. The van der Waals surface area contributed by atoms with Gasteiger partial charge in [-0.25, -0.2) is 0 Å². The quantitative estimate of drug-likeness (QED) is 0.894. The van der Waals surface area contributed by atoms with Gasteiger partial charge in [-0.3, -0.25) is 4.98 Å². The summed E-state index contributed by atoms with van der Waals surface area (Å²) >= 11 is 0. The number of pyridine rings is 1. The zero-order chi connectivity index (χ0) is 10.3. The van der Waals surface area contributed by atoms with E-state index >= 15 is 0 Å². The van der Waals surface area contributed by atoms with Crippen LogP contribution in [0.2, 0.25) is 0 Å². The van der Waals surface area contributed by atoms with Gasteiger partial charge in [0.2, 0.25) is 0 Å². The third-order valence-electron chi connectivity index (χ3n) is 3.69. The van der Waals surface area contributed by atoms with Crippen molar-refractivity contribution in [1.29, 1.82) is 0 Å². The molecule has 1 saturated carbocycles. The first-order chi connectivity index (χ1) is 7.34. The van der Waals surface area contributed by atoms with Gasteiger partial charge in [-0.15, -0.1) is 24.8 Å². The second-order valence-corrected chi connectivity index (χ2v) is 4.78. The first-order valence-electron chi connectivity index (χ1n) is 5.99. The summed E-state index contributed by atoms with van der Waals surface area (Å²) in [5.74, 6) is 1.72. The molecule has 1 heterocycles. The summed E-state index contributed by atoms with van der Waals surface area (Å²) in [7, 11) is 0. The molecule has 0 aliphatic heterocycles. The smallest absolute Gasteiger partial charge is 0.126 e. The fraction of sp³-hybridized carbons (Fsp3) is 0.615. The number of aromatic nitrogens is 1. The Morgan fingerprint density at radius 1 is 1.22 bits per heavy atom. The first-order valence-corrected chi connectivity index (χ1v) is 5.99. The Morgan fingerprint density at radius 2 is 1.94 bits per heavy atom. The molecule has 0 amide bonds. The standard InChI is InChI=1S/C13H17NO.2ClH.H3N/c1-9-5-6-11-12(7-8-14-13(9)11)15-10-3-2-4-10;;;/h7-10H,2-6H2,1H3;2*1H;1H3. The summed E-state index contributed by atoms with van der Waals surface area (Å²) in [4.78, 5) is 4.47. The van der Waals surface area contributed by atoms with Gasteiger partial charge < -0.3 is 10.9 Å². The minimum absolute atomic E-state index is 0. The van der Waals surface area contributed by atoms with Crippen LogP contribution in [-0.4, -0.2) is 11.1 Å². The zero-order valence-electron chi connectivity index (χ0n) is 10.7. The van der Waals surface area contributed by atoms with E-state index in [1.54, 1.807) is 0 Å². The van der Waals surface area contributed by atoms with Crippen molar-refractivity contribution in [2.24, 2.45) is 0 Å². The van der Waals surface area contributed by atoms with Crippen molar-refractivity contribution >= 4 is 24.8 Å². The maximum absolute atomic E-state index is 6.00. The molecule has 3 rings (SSSR count). The fourth-order valence-electron chi connectivity index (χ4n) is 2.44. The number of fused-ring (bicyclic) bond motifs is 1. The van der Waals surface area contributed by atoms with E-state index in [-0.39, 0.29) is 31.0 Å². The Hall–Kier alpha value is -0.510. The molecule has 1 fully saturated rings. The fourth-order valence-corrected chi connectivity index (χ4v) is 2.44. The Kier molecular flexibility index (Phi) is 6.97. The van der Waals surface area contributed by atoms with E-state index < -0.39 is 0 Å². The normalized spacial score (nSPS) is 20.6. The highest BCUT2D eigenvalue weighted by molar-refractivity contribution is 5.85. The second kappa shape index (κ2) is 7.17. The summed E-state index contributed by atoms with van der Waals surface area (Å²) in [6.07, 6.45) is 8.54. The lowest BCUT2D eigenvalue weighted by Gasteiger charge is -2.27. The van der Waals surface area contributed by atoms with Crippen molar-refractivity contribution < 1.29 is 4.74 Å². The predicted molar refractivity (Wildman–Crippen MR) is 78.8 cm³/mol. The average Bonchev–Trinajstić information content (AvgIpc) is 2.55. The van der Waals surface area contributed by atoms with E-state index in [9.17, 15) is 0 Å². The molecule has 2 aliphatic carbocycles. The Balaban J connectivity index is 0.000000963. The Bertz CT molecular complexity index is 383. The van der Waals surface area contributed by atoms with Crippen LogP contribution in [0.5, 0.6) is 5.75 Å². The maximum Gasteiger partial charge on any atom is 0.126 e. The molecule has 0 radical (unpaired) electrons. The van der Waals surface area contributed by atoms with Crippen LogP contribution >= 0.6 is 24.8 Å². The third kappa shape index (κ3) is 3.08. The van der Waals surface area contributed by atoms with Gasteiger partial charge in [0.05, 0.1) is 11.8 Å². The second-order valence-electron chi connectivity index (χ2n) is 4.78. The maximum atomic E-state index is 6.00. The van der Waals surface area contributed by atoms with Crippen LogP contribution in [-0.2, 0) is 6.42 Å². The highest BCUT2D eigenvalue weighted by atomic mass is 35.5. The lowest BCUT2D eigenvalue weighted by atomic mass is 9.96. The van der Waals surface area contributed by atoms with E-state index in [1.165, 1.54) is 36.9 Å². The molecule has 1 aromatic rings. The predicted octanol–water partition coefficient (Wildman–Crippen LogP) is 4.07. The van der Waals surface area contributed by atoms with E-state index in [2.05, 4.69) is 11.9 Å². The van der Waals surface area contributed by atoms with Crippen LogP contribution in [0.25, 0.3) is 0 Å². The van der Waals surface area contributed by atoms with Gasteiger partial charge in [-0.1, -0.05) is 6.92 Å². The number of rotatable bonds is 2. The molecular formula is C13H22Cl2N2O. The van der Waals surface area contributed by atoms with E-state index in [4.69, 9.17) is 4.74 Å². The summed E-state index contributed by atoms with van der Waals surface area (Å²) in [6.45, 7) is 2.26. The van der Waals surface area contributed by atoms with Crippen LogP contribution in [0.15, 0.2) is 12.3 Å². The summed E-state index contributed by atoms with van der Waals surface area (Å²) < 4.78 is 6.00. The van der Waals surface area contributed by atoms with Gasteiger partial charge in [-0.05, 0) is 44.1 Å². The lowest BCUT2D eigenvalue weighted by Crippen LogP contribution is -2.25. The van der Waals surface area contributed by atoms with Gasteiger partial charge in [0.25, 0.3) is 0 Å². The zero-order valence-corrected chi connectivity index (χ0v) is 12.4. The average molecular weight is 293 g/mol. The molecule has 0 saturated heterocycles. The molecule has 2 aliphatic rings. The molecule has 0 aromatic carbocycles. The highest BCUT2D eigenvalue weighted by Gasteiger charge is 2.26. The molecule has 18 heavy (non-hydrogen) atoms. The molecule has 1 aromatic heterocycles. The molecule has 1 unspecified atom stereocenters. The van der Waals surface area contributed by atoms with E-state index in [0.717, 1.165) is 12.2 Å².